The molecule has 2 aliphatic rings. The van der Waals surface area contributed by atoms with Crippen LogP contribution in [0.3, 0.4) is 0 Å². The summed E-state index contributed by atoms with van der Waals surface area (Å²) < 4.78 is 15.7. The zero-order chi connectivity index (χ0) is 20.6. The Bertz CT molecular complexity index is 678. The highest BCUT2D eigenvalue weighted by molar-refractivity contribution is 5.94. The summed E-state index contributed by atoms with van der Waals surface area (Å²) in [6.45, 7) is 5.46. The molecule has 1 aromatic heterocycles. The fourth-order valence-corrected chi connectivity index (χ4v) is 3.62. The van der Waals surface area contributed by atoms with Crippen molar-refractivity contribution in [3.63, 3.8) is 0 Å². The average Bonchev–Trinajstić information content (AvgIpc) is 3.45. The summed E-state index contributed by atoms with van der Waals surface area (Å²) in [5.41, 5.74) is 0.471. The van der Waals surface area contributed by atoms with Crippen molar-refractivity contribution in [1.82, 2.24) is 14.7 Å². The Kier molecular flexibility index (Phi) is 7.51. The second-order valence-corrected chi connectivity index (χ2v) is 7.21. The number of rotatable bonds is 7. The molecule has 0 aliphatic carbocycles. The van der Waals surface area contributed by atoms with E-state index in [4.69, 9.17) is 13.9 Å². The molecule has 0 bridgehead atoms. The second kappa shape index (κ2) is 10.3. The Labute approximate surface area is 170 Å². The predicted molar refractivity (Wildman–Crippen MR) is 103 cm³/mol. The van der Waals surface area contributed by atoms with Crippen molar-refractivity contribution < 1.29 is 28.3 Å². The highest BCUT2D eigenvalue weighted by Gasteiger charge is 2.27. The summed E-state index contributed by atoms with van der Waals surface area (Å²) >= 11 is 0. The topological polar surface area (TPSA) is 92.5 Å². The monoisotopic (exact) mass is 407 g/mol. The SMILES string of the molecule is CCOC(=O)N1CCN(C(=O)CCN(C[C@@H]2CCCO2)C(=O)c2ccoc2)CC1. The molecule has 29 heavy (non-hydrogen) atoms. The van der Waals surface area contributed by atoms with Gasteiger partial charge >= 0.3 is 6.09 Å². The molecule has 3 amide bonds. The zero-order valence-corrected chi connectivity index (χ0v) is 16.9. The third kappa shape index (κ3) is 5.72. The lowest BCUT2D eigenvalue weighted by atomic mass is 10.2. The van der Waals surface area contributed by atoms with E-state index in [1.54, 1.807) is 27.7 Å². The van der Waals surface area contributed by atoms with Crippen molar-refractivity contribution in [2.75, 3.05) is 52.5 Å². The minimum Gasteiger partial charge on any atom is -0.472 e. The number of amides is 3. The van der Waals surface area contributed by atoms with Gasteiger partial charge < -0.3 is 28.6 Å². The maximum Gasteiger partial charge on any atom is 0.409 e. The number of hydrogen-bond acceptors (Lipinski definition) is 6. The van der Waals surface area contributed by atoms with E-state index in [9.17, 15) is 14.4 Å². The van der Waals surface area contributed by atoms with E-state index < -0.39 is 0 Å². The first-order valence-electron chi connectivity index (χ1n) is 10.2. The van der Waals surface area contributed by atoms with Crippen molar-refractivity contribution in [3.05, 3.63) is 24.2 Å². The minimum absolute atomic E-state index is 0.00840. The first-order chi connectivity index (χ1) is 14.1. The summed E-state index contributed by atoms with van der Waals surface area (Å²) in [4.78, 5) is 42.2. The van der Waals surface area contributed by atoms with Crippen molar-refractivity contribution in [2.24, 2.45) is 0 Å². The van der Waals surface area contributed by atoms with E-state index in [0.717, 1.165) is 12.8 Å². The van der Waals surface area contributed by atoms with Crippen molar-refractivity contribution in [1.29, 1.82) is 0 Å². The molecule has 3 rings (SSSR count). The highest BCUT2D eigenvalue weighted by atomic mass is 16.6. The number of carbonyl (C=O) groups is 3. The standard InChI is InChI=1S/C20H29N3O6/c1-2-28-20(26)22-10-8-21(9-11-22)18(24)5-7-23(14-17-4-3-12-29-17)19(25)16-6-13-27-15-16/h6,13,15,17H,2-5,7-12,14H2,1H3/t17-/m0/s1. The van der Waals surface area contributed by atoms with Gasteiger partial charge in [-0.05, 0) is 25.8 Å². The van der Waals surface area contributed by atoms with Gasteiger partial charge in [-0.15, -0.1) is 0 Å². The molecule has 0 radical (unpaired) electrons. The number of carbonyl (C=O) groups excluding carboxylic acids is 3. The Hall–Kier alpha value is -2.55. The minimum atomic E-state index is -0.340. The molecule has 1 aromatic rings. The Morgan fingerprint density at radius 3 is 2.59 bits per heavy atom. The van der Waals surface area contributed by atoms with Gasteiger partial charge in [0.15, 0.2) is 0 Å². The lowest BCUT2D eigenvalue weighted by molar-refractivity contribution is -0.133. The van der Waals surface area contributed by atoms with Crippen LogP contribution >= 0.6 is 0 Å². The van der Waals surface area contributed by atoms with Crippen LogP contribution in [0.5, 0.6) is 0 Å². The van der Waals surface area contributed by atoms with Gasteiger partial charge in [0.2, 0.25) is 5.91 Å². The molecule has 0 aromatic carbocycles. The lowest BCUT2D eigenvalue weighted by Gasteiger charge is -2.34. The molecular weight excluding hydrogens is 378 g/mol. The summed E-state index contributed by atoms with van der Waals surface area (Å²) in [5, 5.41) is 0. The van der Waals surface area contributed by atoms with Gasteiger partial charge in [0, 0.05) is 52.3 Å². The molecule has 0 N–H and O–H groups in total. The molecule has 2 saturated heterocycles. The molecule has 2 aliphatic heterocycles. The lowest BCUT2D eigenvalue weighted by Crippen LogP contribution is -2.51. The average molecular weight is 407 g/mol. The van der Waals surface area contributed by atoms with Crippen LogP contribution in [-0.4, -0.2) is 91.2 Å². The van der Waals surface area contributed by atoms with Crippen LogP contribution in [0.4, 0.5) is 4.79 Å². The summed E-state index contributed by atoms with van der Waals surface area (Å²) in [7, 11) is 0. The van der Waals surface area contributed by atoms with Crippen LogP contribution in [0.25, 0.3) is 0 Å². The molecule has 0 unspecified atom stereocenters. The van der Waals surface area contributed by atoms with Crippen molar-refractivity contribution >= 4 is 17.9 Å². The third-order valence-corrected chi connectivity index (χ3v) is 5.26. The normalized spacial score (nSPS) is 19.3. The fourth-order valence-electron chi connectivity index (χ4n) is 3.62. The van der Waals surface area contributed by atoms with E-state index in [1.165, 1.54) is 12.5 Å². The number of hydrogen-bond donors (Lipinski definition) is 0. The Morgan fingerprint density at radius 2 is 1.97 bits per heavy atom. The largest absolute Gasteiger partial charge is 0.472 e. The summed E-state index contributed by atoms with van der Waals surface area (Å²) in [6, 6.07) is 1.63. The first-order valence-corrected chi connectivity index (χ1v) is 10.2. The molecule has 9 nitrogen and oxygen atoms in total. The quantitative estimate of drug-likeness (QED) is 0.682. The Balaban J connectivity index is 1.51. The molecule has 3 heterocycles. The molecule has 0 saturated carbocycles. The molecule has 9 heteroatoms. The summed E-state index contributed by atoms with van der Waals surface area (Å²) in [6.07, 6.45) is 4.69. The van der Waals surface area contributed by atoms with Gasteiger partial charge in [0.05, 0.1) is 24.5 Å². The van der Waals surface area contributed by atoms with Gasteiger partial charge in [0.1, 0.15) is 6.26 Å². The maximum absolute atomic E-state index is 12.8. The fraction of sp³-hybridized carbons (Fsp3) is 0.650. The maximum atomic E-state index is 12.8. The van der Waals surface area contributed by atoms with Gasteiger partial charge in [-0.2, -0.15) is 0 Å². The van der Waals surface area contributed by atoms with E-state index in [-0.39, 0.29) is 30.4 Å². The number of furan rings is 1. The van der Waals surface area contributed by atoms with E-state index in [2.05, 4.69) is 0 Å². The van der Waals surface area contributed by atoms with Gasteiger partial charge in [-0.1, -0.05) is 0 Å². The van der Waals surface area contributed by atoms with E-state index in [1.807, 2.05) is 0 Å². The van der Waals surface area contributed by atoms with Gasteiger partial charge in [0.25, 0.3) is 5.91 Å². The van der Waals surface area contributed by atoms with E-state index in [0.29, 0.717) is 58.0 Å². The van der Waals surface area contributed by atoms with Crippen LogP contribution < -0.4 is 0 Å². The van der Waals surface area contributed by atoms with Crippen LogP contribution in [0.1, 0.15) is 36.5 Å². The van der Waals surface area contributed by atoms with Gasteiger partial charge in [-0.25, -0.2) is 4.79 Å². The van der Waals surface area contributed by atoms with Crippen LogP contribution in [-0.2, 0) is 14.3 Å². The zero-order valence-electron chi connectivity index (χ0n) is 16.9. The highest BCUT2D eigenvalue weighted by Crippen LogP contribution is 2.16. The smallest absolute Gasteiger partial charge is 0.409 e. The number of nitrogens with zero attached hydrogens (tertiary/aromatic N) is 3. The summed E-state index contributed by atoms with van der Waals surface area (Å²) in [5.74, 6) is -0.181. The van der Waals surface area contributed by atoms with Crippen molar-refractivity contribution in [3.8, 4) is 0 Å². The van der Waals surface area contributed by atoms with Gasteiger partial charge in [-0.3, -0.25) is 9.59 Å². The molecular formula is C20H29N3O6. The molecule has 1 atom stereocenters. The molecule has 2 fully saturated rings. The van der Waals surface area contributed by atoms with Crippen LogP contribution in [0.2, 0.25) is 0 Å². The predicted octanol–water partition coefficient (Wildman–Crippen LogP) is 1.59. The third-order valence-electron chi connectivity index (χ3n) is 5.26. The Morgan fingerprint density at radius 1 is 1.21 bits per heavy atom. The second-order valence-electron chi connectivity index (χ2n) is 7.21. The van der Waals surface area contributed by atoms with E-state index >= 15 is 0 Å². The number of ether oxygens (including phenoxy) is 2. The van der Waals surface area contributed by atoms with Crippen molar-refractivity contribution in [2.45, 2.75) is 32.3 Å². The molecule has 160 valence electrons. The van der Waals surface area contributed by atoms with Crippen LogP contribution in [0.15, 0.2) is 23.0 Å². The van der Waals surface area contributed by atoms with Crippen LogP contribution in [0, 0.1) is 0 Å². The first kappa shape index (κ1) is 21.2. The molecule has 0 spiro atoms. The number of piperazine rings is 1.